The molecule has 2 N–H and O–H groups in total. The van der Waals surface area contributed by atoms with E-state index >= 15 is 0 Å². The maximum absolute atomic E-state index is 12.7. The average Bonchev–Trinajstić information content (AvgIpc) is 3.19. The topological polar surface area (TPSA) is 121 Å². The van der Waals surface area contributed by atoms with E-state index in [9.17, 15) is 14.4 Å². The number of rotatable bonds is 10. The van der Waals surface area contributed by atoms with Gasteiger partial charge >= 0.3 is 6.09 Å². The lowest BCUT2D eigenvalue weighted by atomic mass is 10.0. The van der Waals surface area contributed by atoms with Crippen LogP contribution >= 0.6 is 0 Å². The molecule has 202 valence electrons. The van der Waals surface area contributed by atoms with E-state index in [2.05, 4.69) is 15.6 Å². The molecule has 1 aliphatic rings. The lowest BCUT2D eigenvalue weighted by Gasteiger charge is -2.23. The number of hydrogen-bond donors (Lipinski definition) is 2. The largest absolute Gasteiger partial charge is 0.444 e. The molecule has 1 atom stereocenters. The van der Waals surface area contributed by atoms with E-state index in [-0.39, 0.29) is 11.8 Å². The molecule has 3 aromatic rings. The number of benzene rings is 1. The number of nitrogens with zero attached hydrogens (tertiary/aromatic N) is 2. The fourth-order valence-corrected chi connectivity index (χ4v) is 4.42. The smallest absolute Gasteiger partial charge is 0.407 e. The maximum Gasteiger partial charge on any atom is 0.407 e. The lowest BCUT2D eigenvalue weighted by molar-refractivity contribution is -0.135. The highest BCUT2D eigenvalue weighted by Crippen LogP contribution is 2.35. The summed E-state index contributed by atoms with van der Waals surface area (Å²) in [5.41, 5.74) is 2.07. The first-order chi connectivity index (χ1) is 18.2. The number of carbonyl (C=O) groups is 3. The van der Waals surface area contributed by atoms with E-state index in [1.165, 1.54) is 0 Å². The first kappa shape index (κ1) is 27.3. The van der Waals surface area contributed by atoms with Gasteiger partial charge in [0.1, 0.15) is 17.3 Å². The second kappa shape index (κ2) is 12.2. The number of carbonyl (C=O) groups excluding carboxylic acids is 3. The van der Waals surface area contributed by atoms with Crippen LogP contribution in [0.4, 0.5) is 4.79 Å². The summed E-state index contributed by atoms with van der Waals surface area (Å²) in [7, 11) is 0. The van der Waals surface area contributed by atoms with Crippen molar-refractivity contribution in [3.63, 3.8) is 0 Å². The zero-order chi connectivity index (χ0) is 27.1. The third-order valence-corrected chi connectivity index (χ3v) is 5.94. The van der Waals surface area contributed by atoms with Gasteiger partial charge in [-0.2, -0.15) is 0 Å². The molecule has 1 aromatic carbocycles. The fourth-order valence-electron chi connectivity index (χ4n) is 4.42. The molecular formula is C28H34N4O6. The van der Waals surface area contributed by atoms with Gasteiger partial charge in [0.05, 0.1) is 31.9 Å². The van der Waals surface area contributed by atoms with E-state index < -0.39 is 17.7 Å². The van der Waals surface area contributed by atoms with E-state index in [1.807, 2.05) is 67.8 Å². The number of fused-ring (bicyclic) bond motifs is 3. The number of amides is 3. The van der Waals surface area contributed by atoms with Crippen LogP contribution in [-0.4, -0.2) is 66.0 Å². The van der Waals surface area contributed by atoms with Gasteiger partial charge in [0, 0.05) is 29.9 Å². The molecule has 3 amide bonds. The molecule has 3 heterocycles. The van der Waals surface area contributed by atoms with Crippen molar-refractivity contribution >= 4 is 45.9 Å². The minimum absolute atomic E-state index is 0.244. The van der Waals surface area contributed by atoms with Gasteiger partial charge in [-0.05, 0) is 51.0 Å². The highest BCUT2D eigenvalue weighted by Gasteiger charge is 2.31. The summed E-state index contributed by atoms with van der Waals surface area (Å²) in [6, 6.07) is 9.32. The molecule has 1 aliphatic heterocycles. The van der Waals surface area contributed by atoms with E-state index in [0.29, 0.717) is 51.5 Å². The van der Waals surface area contributed by atoms with Crippen LogP contribution in [0.5, 0.6) is 0 Å². The van der Waals surface area contributed by atoms with Crippen molar-refractivity contribution in [3.05, 3.63) is 48.2 Å². The number of imide groups is 1. The van der Waals surface area contributed by atoms with Crippen molar-refractivity contribution in [1.82, 2.24) is 20.2 Å². The Morgan fingerprint density at radius 3 is 2.76 bits per heavy atom. The second-order valence-corrected chi connectivity index (χ2v) is 9.97. The molecule has 0 radical (unpaired) electrons. The van der Waals surface area contributed by atoms with Gasteiger partial charge in [0.25, 0.3) is 0 Å². The van der Waals surface area contributed by atoms with Crippen LogP contribution in [0, 0.1) is 0 Å². The molecule has 0 saturated carbocycles. The number of pyridine rings is 1. The Balaban J connectivity index is 1.33. The van der Waals surface area contributed by atoms with Crippen LogP contribution in [0.25, 0.3) is 28.0 Å². The summed E-state index contributed by atoms with van der Waals surface area (Å²) in [5.74, 6) is -0.547. The number of alkyl carbamates (subject to hydrolysis) is 1. The van der Waals surface area contributed by atoms with Crippen molar-refractivity contribution in [1.29, 1.82) is 0 Å². The van der Waals surface area contributed by atoms with Crippen LogP contribution in [-0.2, 0) is 23.8 Å². The molecule has 2 aromatic heterocycles. The summed E-state index contributed by atoms with van der Waals surface area (Å²) < 4.78 is 18.2. The number of ether oxygens (including phenoxy) is 3. The van der Waals surface area contributed by atoms with Gasteiger partial charge in [0.2, 0.25) is 11.8 Å². The Labute approximate surface area is 221 Å². The third-order valence-electron chi connectivity index (χ3n) is 5.94. The third kappa shape index (κ3) is 6.76. The zero-order valence-corrected chi connectivity index (χ0v) is 22.0. The van der Waals surface area contributed by atoms with Gasteiger partial charge in [-0.15, -0.1) is 0 Å². The second-order valence-electron chi connectivity index (χ2n) is 9.97. The first-order valence-corrected chi connectivity index (χ1v) is 12.7. The fraction of sp³-hybridized carbons (Fsp3) is 0.429. The average molecular weight is 523 g/mol. The van der Waals surface area contributed by atoms with Crippen molar-refractivity contribution in [2.75, 3.05) is 33.0 Å². The van der Waals surface area contributed by atoms with Crippen LogP contribution < -0.4 is 10.6 Å². The maximum atomic E-state index is 12.7. The van der Waals surface area contributed by atoms with Crippen LogP contribution in [0.2, 0.25) is 0 Å². The van der Waals surface area contributed by atoms with E-state index in [4.69, 9.17) is 14.2 Å². The van der Waals surface area contributed by atoms with Crippen LogP contribution in [0.3, 0.4) is 0 Å². The van der Waals surface area contributed by atoms with Crippen LogP contribution in [0.15, 0.2) is 42.6 Å². The molecule has 1 fully saturated rings. The highest BCUT2D eigenvalue weighted by atomic mass is 16.6. The molecule has 0 bridgehead atoms. The van der Waals surface area contributed by atoms with Gasteiger partial charge in [0.15, 0.2) is 0 Å². The van der Waals surface area contributed by atoms with Crippen LogP contribution in [0.1, 0.15) is 45.2 Å². The zero-order valence-electron chi connectivity index (χ0n) is 22.0. The summed E-state index contributed by atoms with van der Waals surface area (Å²) >= 11 is 0. The molecule has 4 rings (SSSR count). The summed E-state index contributed by atoms with van der Waals surface area (Å²) in [6.45, 7) is 7.39. The van der Waals surface area contributed by atoms with Gasteiger partial charge in [-0.1, -0.05) is 24.3 Å². The Morgan fingerprint density at radius 1 is 1.16 bits per heavy atom. The quantitative estimate of drug-likeness (QED) is 0.307. The minimum Gasteiger partial charge on any atom is -0.444 e. The molecule has 0 spiro atoms. The molecule has 38 heavy (non-hydrogen) atoms. The standard InChI is InChI=1S/C28H34N4O6/c1-28(2,3)38-27(35)30-14-16-37-18-17-36-15-6-8-19-7-4-10-21-24(19)20-9-5-13-29-25(20)32(21)22-11-12-23(33)31-26(22)34/h4-10,13,22H,11-12,14-18H2,1-3H3,(H,30,35)(H,31,33,34)/b8-6+. The normalized spacial score (nSPS) is 16.3. The number of hydrogen-bond acceptors (Lipinski definition) is 7. The SMILES string of the molecule is CC(C)(C)OC(=O)NCCOCCOC/C=C/c1cccc2c1c1cccnc1n2C1CCC(=O)NC1=O. The van der Waals surface area contributed by atoms with Crippen molar-refractivity contribution in [3.8, 4) is 0 Å². The summed E-state index contributed by atoms with van der Waals surface area (Å²) in [5, 5.41) is 7.04. The Hall–Kier alpha value is -3.76. The van der Waals surface area contributed by atoms with Crippen molar-refractivity contribution in [2.45, 2.75) is 45.3 Å². The highest BCUT2D eigenvalue weighted by molar-refractivity contribution is 6.12. The first-order valence-electron chi connectivity index (χ1n) is 12.7. The Kier molecular flexibility index (Phi) is 8.75. The molecule has 1 saturated heterocycles. The van der Waals surface area contributed by atoms with Gasteiger partial charge < -0.3 is 24.1 Å². The summed E-state index contributed by atoms with van der Waals surface area (Å²) in [6.07, 6.45) is 5.91. The predicted octanol–water partition coefficient (Wildman–Crippen LogP) is 3.74. The van der Waals surface area contributed by atoms with E-state index in [0.717, 1.165) is 21.9 Å². The number of nitrogens with one attached hydrogen (secondary N) is 2. The van der Waals surface area contributed by atoms with Crippen molar-refractivity contribution in [2.24, 2.45) is 0 Å². The lowest BCUT2D eigenvalue weighted by Crippen LogP contribution is -2.41. The number of piperidine rings is 1. The Morgan fingerprint density at radius 2 is 1.97 bits per heavy atom. The minimum atomic E-state index is -0.528. The molecule has 10 heteroatoms. The predicted molar refractivity (Wildman–Crippen MR) is 144 cm³/mol. The summed E-state index contributed by atoms with van der Waals surface area (Å²) in [4.78, 5) is 40.5. The molecular weight excluding hydrogens is 488 g/mol. The monoisotopic (exact) mass is 522 g/mol. The molecule has 10 nitrogen and oxygen atoms in total. The Bertz CT molecular complexity index is 1340. The molecule has 1 unspecified atom stereocenters. The van der Waals surface area contributed by atoms with Crippen molar-refractivity contribution < 1.29 is 28.6 Å². The van der Waals surface area contributed by atoms with E-state index in [1.54, 1.807) is 6.20 Å². The van der Waals surface area contributed by atoms with Gasteiger partial charge in [-0.3, -0.25) is 14.9 Å². The number of aromatic nitrogens is 2. The molecule has 0 aliphatic carbocycles. The van der Waals surface area contributed by atoms with Gasteiger partial charge in [-0.25, -0.2) is 9.78 Å².